The molecule has 1 aliphatic rings. The van der Waals surface area contributed by atoms with Crippen molar-refractivity contribution >= 4 is 58.4 Å². The molecule has 1 aliphatic heterocycles. The first-order valence-corrected chi connectivity index (χ1v) is 12.6. The smallest absolute Gasteiger partial charge is 0.238 e. The van der Waals surface area contributed by atoms with Gasteiger partial charge in [-0.05, 0) is 42.5 Å². The molecular weight excluding hydrogens is 490 g/mol. The Bertz CT molecular complexity index is 1170. The Morgan fingerprint density at radius 1 is 1.13 bits per heavy atom. The minimum absolute atomic E-state index is 0.121. The van der Waals surface area contributed by atoms with Gasteiger partial charge in [-0.15, -0.1) is 0 Å². The second kappa shape index (κ2) is 8.52. The molecule has 7 nitrogen and oxygen atoms in total. The van der Waals surface area contributed by atoms with Crippen LogP contribution in [0.2, 0.25) is 0 Å². The molecule has 4 rings (SSSR count). The molecule has 0 spiro atoms. The molecule has 1 aromatic heterocycles. The highest BCUT2D eigenvalue weighted by molar-refractivity contribution is 9.10. The fourth-order valence-corrected chi connectivity index (χ4v) is 6.08. The lowest BCUT2D eigenvalue weighted by Gasteiger charge is -2.34. The number of amides is 1. The summed E-state index contributed by atoms with van der Waals surface area (Å²) in [6.45, 7) is 2.18. The number of hydrogen-bond acceptors (Lipinski definition) is 7. The molecule has 0 aliphatic carbocycles. The Labute approximate surface area is 187 Å². The van der Waals surface area contributed by atoms with Gasteiger partial charge in [0.25, 0.3) is 0 Å². The maximum atomic E-state index is 12.6. The Hall–Kier alpha value is -2.17. The first-order valence-electron chi connectivity index (χ1n) is 9.31. The number of thiazole rings is 1. The molecule has 1 amide bonds. The van der Waals surface area contributed by atoms with Crippen LogP contribution < -0.4 is 9.64 Å². The summed E-state index contributed by atoms with van der Waals surface area (Å²) in [5.41, 5.74) is 0.947. The predicted molar refractivity (Wildman–Crippen MR) is 121 cm³/mol. The number of hydrogen-bond donors (Lipinski definition) is 0. The van der Waals surface area contributed by atoms with Crippen molar-refractivity contribution in [3.05, 3.63) is 46.9 Å². The molecule has 3 aromatic rings. The highest BCUT2D eigenvalue weighted by Crippen LogP contribution is 2.31. The summed E-state index contributed by atoms with van der Waals surface area (Å²) in [6.07, 6.45) is 0. The van der Waals surface area contributed by atoms with Crippen molar-refractivity contribution in [2.45, 2.75) is 4.90 Å². The number of sulfone groups is 1. The highest BCUT2D eigenvalue weighted by Gasteiger charge is 2.27. The quantitative estimate of drug-likeness (QED) is 0.525. The van der Waals surface area contributed by atoms with Gasteiger partial charge in [-0.1, -0.05) is 27.3 Å². The summed E-state index contributed by atoms with van der Waals surface area (Å²) in [7, 11) is -2.18. The number of nitrogens with zero attached hydrogens (tertiary/aromatic N) is 3. The number of carbonyl (C=O) groups is 1. The van der Waals surface area contributed by atoms with Gasteiger partial charge in [-0.3, -0.25) is 4.79 Å². The summed E-state index contributed by atoms with van der Waals surface area (Å²) in [6, 6.07) is 12.1. The zero-order chi connectivity index (χ0) is 21.3. The minimum Gasteiger partial charge on any atom is -0.497 e. The summed E-state index contributed by atoms with van der Waals surface area (Å²) < 4.78 is 32.3. The number of benzene rings is 2. The van der Waals surface area contributed by atoms with Crippen molar-refractivity contribution in [2.75, 3.05) is 43.9 Å². The maximum Gasteiger partial charge on any atom is 0.238 e. The van der Waals surface area contributed by atoms with Gasteiger partial charge in [0.1, 0.15) is 11.5 Å². The van der Waals surface area contributed by atoms with Crippen LogP contribution in [0.3, 0.4) is 0 Å². The number of halogens is 1. The number of fused-ring (bicyclic) bond motifs is 1. The van der Waals surface area contributed by atoms with Crippen LogP contribution in [0.1, 0.15) is 0 Å². The van der Waals surface area contributed by atoms with E-state index in [9.17, 15) is 13.2 Å². The molecule has 1 fully saturated rings. The Kier molecular flexibility index (Phi) is 5.99. The Balaban J connectivity index is 1.38. The number of carbonyl (C=O) groups excluding carboxylic acids is 1. The van der Waals surface area contributed by atoms with Crippen LogP contribution in [0.25, 0.3) is 10.2 Å². The number of rotatable bonds is 5. The third-order valence-electron chi connectivity index (χ3n) is 4.97. The molecule has 2 aromatic carbocycles. The molecule has 0 unspecified atom stereocenters. The lowest BCUT2D eigenvalue weighted by molar-refractivity contribution is -0.128. The van der Waals surface area contributed by atoms with Crippen molar-refractivity contribution in [1.82, 2.24) is 9.88 Å². The summed E-state index contributed by atoms with van der Waals surface area (Å²) >= 11 is 5.09. The van der Waals surface area contributed by atoms with Crippen LogP contribution in [0, 0.1) is 0 Å². The molecule has 0 atom stereocenters. The standard InChI is InChI=1S/C20H20BrN3O4S2/c1-28-15-3-5-16(6-4-15)30(26,27)13-19(25)23-8-10-24(11-9-23)20-22-17-7-2-14(21)12-18(17)29-20/h2-7,12H,8-11,13H2,1H3. The molecular formula is C20H20BrN3O4S2. The first-order chi connectivity index (χ1) is 14.4. The van der Waals surface area contributed by atoms with Crippen molar-refractivity contribution in [3.8, 4) is 5.75 Å². The van der Waals surface area contributed by atoms with E-state index in [2.05, 4.69) is 25.8 Å². The second-order valence-corrected chi connectivity index (χ2v) is 10.8. The van der Waals surface area contributed by atoms with Gasteiger partial charge in [0.15, 0.2) is 15.0 Å². The third kappa shape index (κ3) is 4.45. The first kappa shape index (κ1) is 21.1. The molecule has 1 saturated heterocycles. The van der Waals surface area contributed by atoms with E-state index in [1.165, 1.54) is 19.2 Å². The predicted octanol–water partition coefficient (Wildman–Crippen LogP) is 3.19. The average molecular weight is 510 g/mol. The van der Waals surface area contributed by atoms with E-state index in [4.69, 9.17) is 4.74 Å². The van der Waals surface area contributed by atoms with Crippen molar-refractivity contribution in [2.24, 2.45) is 0 Å². The minimum atomic E-state index is -3.70. The largest absolute Gasteiger partial charge is 0.497 e. The third-order valence-corrected chi connectivity index (χ3v) is 8.16. The average Bonchev–Trinajstić information content (AvgIpc) is 3.17. The molecule has 0 radical (unpaired) electrons. The summed E-state index contributed by atoms with van der Waals surface area (Å²) in [5, 5.41) is 0.918. The van der Waals surface area contributed by atoms with Gasteiger partial charge in [0, 0.05) is 30.7 Å². The molecule has 0 bridgehead atoms. The molecule has 30 heavy (non-hydrogen) atoms. The van der Waals surface area contributed by atoms with Crippen LogP contribution in [0.5, 0.6) is 5.75 Å². The fraction of sp³-hybridized carbons (Fsp3) is 0.300. The van der Waals surface area contributed by atoms with E-state index in [1.807, 2.05) is 18.2 Å². The summed E-state index contributed by atoms with van der Waals surface area (Å²) in [4.78, 5) is 21.2. The second-order valence-electron chi connectivity index (χ2n) is 6.91. The number of aromatic nitrogens is 1. The van der Waals surface area contributed by atoms with Gasteiger partial charge < -0.3 is 14.5 Å². The van der Waals surface area contributed by atoms with E-state index in [0.29, 0.717) is 31.9 Å². The topological polar surface area (TPSA) is 79.8 Å². The van der Waals surface area contributed by atoms with E-state index in [-0.39, 0.29) is 10.8 Å². The lowest BCUT2D eigenvalue weighted by atomic mass is 10.3. The zero-order valence-electron chi connectivity index (χ0n) is 16.2. The van der Waals surface area contributed by atoms with Gasteiger partial charge in [0.05, 0.1) is 22.2 Å². The SMILES string of the molecule is COc1ccc(S(=O)(=O)CC(=O)N2CCN(c3nc4ccc(Br)cc4s3)CC2)cc1. The molecule has 0 saturated carbocycles. The molecule has 158 valence electrons. The van der Waals surface area contributed by atoms with Gasteiger partial charge >= 0.3 is 0 Å². The molecule has 2 heterocycles. The number of anilines is 1. The van der Waals surface area contributed by atoms with E-state index < -0.39 is 15.6 Å². The van der Waals surface area contributed by atoms with E-state index in [0.717, 1.165) is 19.8 Å². The highest BCUT2D eigenvalue weighted by atomic mass is 79.9. The normalized spacial score (nSPS) is 14.9. The van der Waals surface area contributed by atoms with Crippen molar-refractivity contribution in [1.29, 1.82) is 0 Å². The van der Waals surface area contributed by atoms with Crippen molar-refractivity contribution < 1.29 is 17.9 Å². The van der Waals surface area contributed by atoms with Crippen LogP contribution in [-0.2, 0) is 14.6 Å². The molecule has 0 N–H and O–H groups in total. The van der Waals surface area contributed by atoms with Crippen LogP contribution in [0.15, 0.2) is 51.8 Å². The Morgan fingerprint density at radius 3 is 2.50 bits per heavy atom. The number of ether oxygens (including phenoxy) is 1. The number of methoxy groups -OCH3 is 1. The fourth-order valence-electron chi connectivity index (χ4n) is 3.29. The molecule has 10 heteroatoms. The van der Waals surface area contributed by atoms with E-state index >= 15 is 0 Å². The van der Waals surface area contributed by atoms with E-state index in [1.54, 1.807) is 28.4 Å². The van der Waals surface area contributed by atoms with Gasteiger partial charge in [-0.25, -0.2) is 13.4 Å². The van der Waals surface area contributed by atoms with Crippen molar-refractivity contribution in [3.63, 3.8) is 0 Å². The summed E-state index contributed by atoms with van der Waals surface area (Å²) in [5.74, 6) is -0.341. The zero-order valence-corrected chi connectivity index (χ0v) is 19.5. The lowest BCUT2D eigenvalue weighted by Crippen LogP contribution is -2.50. The van der Waals surface area contributed by atoms with Crippen LogP contribution in [0.4, 0.5) is 5.13 Å². The maximum absolute atomic E-state index is 12.6. The number of piperazine rings is 1. The Morgan fingerprint density at radius 2 is 1.83 bits per heavy atom. The van der Waals surface area contributed by atoms with Gasteiger partial charge in [0.2, 0.25) is 5.91 Å². The van der Waals surface area contributed by atoms with Crippen LogP contribution >= 0.6 is 27.3 Å². The monoisotopic (exact) mass is 509 g/mol. The van der Waals surface area contributed by atoms with Gasteiger partial charge in [-0.2, -0.15) is 0 Å². The van der Waals surface area contributed by atoms with Crippen LogP contribution in [-0.4, -0.2) is 63.3 Å².